The monoisotopic (exact) mass is 774 g/mol. The second-order valence-corrected chi connectivity index (χ2v) is 16.3. The number of unbranched alkanes of at least 4 members (excludes halogenated alkanes) is 2. The molecule has 2 aromatic carbocycles. The number of ether oxygens (including phenoxy) is 2. The van der Waals surface area contributed by atoms with Gasteiger partial charge in [0.15, 0.2) is 0 Å². The summed E-state index contributed by atoms with van der Waals surface area (Å²) >= 11 is 6.59. The molecule has 2 aliphatic carbocycles. The van der Waals surface area contributed by atoms with Crippen LogP contribution in [0.3, 0.4) is 0 Å². The van der Waals surface area contributed by atoms with Gasteiger partial charge in [-0.1, -0.05) is 43.1 Å². The zero-order valence-corrected chi connectivity index (χ0v) is 31.6. The van der Waals surface area contributed by atoms with Crippen molar-refractivity contribution in [1.82, 2.24) is 9.29 Å². The molecule has 0 spiro atoms. The highest BCUT2D eigenvalue weighted by atomic mass is 35.5. The number of ketones is 1. The summed E-state index contributed by atoms with van der Waals surface area (Å²) in [6.45, 7) is 0.993. The smallest absolute Gasteiger partial charge is 0.243 e. The maximum absolute atomic E-state index is 13.8. The Morgan fingerprint density at radius 1 is 1.00 bits per heavy atom. The van der Waals surface area contributed by atoms with Crippen molar-refractivity contribution in [2.45, 2.75) is 106 Å². The van der Waals surface area contributed by atoms with Gasteiger partial charge in [-0.2, -0.15) is 4.31 Å². The van der Waals surface area contributed by atoms with Gasteiger partial charge in [-0.25, -0.2) is 8.42 Å². The summed E-state index contributed by atoms with van der Waals surface area (Å²) in [5, 5.41) is 48.7. The van der Waals surface area contributed by atoms with E-state index in [0.717, 1.165) is 48.1 Å². The van der Waals surface area contributed by atoms with Crippen molar-refractivity contribution in [1.29, 1.82) is 0 Å². The Labute approximate surface area is 316 Å². The van der Waals surface area contributed by atoms with Crippen molar-refractivity contribution in [3.05, 3.63) is 77.1 Å². The summed E-state index contributed by atoms with van der Waals surface area (Å²) < 4.78 is 41.7. The maximum Gasteiger partial charge on any atom is 0.243 e. The quantitative estimate of drug-likeness (QED) is 0.0862. The molecule has 5 rings (SSSR count). The third-order valence-corrected chi connectivity index (χ3v) is 12.4. The molecule has 3 aromatic rings. The molecule has 2 fully saturated rings. The van der Waals surface area contributed by atoms with Gasteiger partial charge in [0.2, 0.25) is 10.0 Å². The van der Waals surface area contributed by atoms with Gasteiger partial charge in [0.25, 0.3) is 0 Å². The highest BCUT2D eigenvalue weighted by Crippen LogP contribution is 2.53. The first-order chi connectivity index (χ1) is 25.4. The molecule has 53 heavy (non-hydrogen) atoms. The van der Waals surface area contributed by atoms with Crippen molar-refractivity contribution in [2.24, 2.45) is 5.92 Å². The molecule has 290 valence electrons. The summed E-state index contributed by atoms with van der Waals surface area (Å²) in [7, 11) is -3.87. The number of carbonyl (C=O) groups is 1. The lowest BCUT2D eigenvalue weighted by atomic mass is 9.90. The number of rotatable bonds is 23. The Kier molecular flexibility index (Phi) is 14.4. The van der Waals surface area contributed by atoms with Crippen molar-refractivity contribution < 1.29 is 48.2 Å². The highest BCUT2D eigenvalue weighted by molar-refractivity contribution is 7.89. The third-order valence-electron chi connectivity index (χ3n) is 10.0. The molecule has 1 aromatic heterocycles. The second-order valence-electron chi connectivity index (χ2n) is 14.0. The number of aromatic nitrogens is 1. The minimum absolute atomic E-state index is 0.103. The number of aliphatic hydroxyl groups excluding tert-OH is 5. The van der Waals surface area contributed by atoms with Crippen LogP contribution < -0.4 is 4.74 Å². The maximum atomic E-state index is 13.8. The van der Waals surface area contributed by atoms with Gasteiger partial charge in [-0.3, -0.25) is 9.78 Å². The van der Waals surface area contributed by atoms with Gasteiger partial charge in [0.1, 0.15) is 23.7 Å². The molecule has 2 aliphatic rings. The summed E-state index contributed by atoms with van der Waals surface area (Å²) in [6, 6.07) is 14.6. The average Bonchev–Trinajstić information content (AvgIpc) is 4.12. The molecule has 4 atom stereocenters. The van der Waals surface area contributed by atoms with E-state index in [0.29, 0.717) is 29.8 Å². The number of nitrogens with zero attached hydrogens (tertiary/aromatic N) is 2. The predicted octanol–water partition coefficient (Wildman–Crippen LogP) is 4.36. The van der Waals surface area contributed by atoms with Gasteiger partial charge < -0.3 is 35.0 Å². The van der Waals surface area contributed by atoms with E-state index in [9.17, 15) is 33.6 Å². The molecule has 5 N–H and O–H groups in total. The third kappa shape index (κ3) is 10.4. The Hall–Kier alpha value is -2.98. The van der Waals surface area contributed by atoms with Crippen molar-refractivity contribution in [2.75, 3.05) is 26.3 Å². The van der Waals surface area contributed by atoms with Crippen LogP contribution in [-0.4, -0.2) is 99.7 Å². The first-order valence-electron chi connectivity index (χ1n) is 18.3. The first-order valence-corrected chi connectivity index (χ1v) is 20.2. The molecule has 2 saturated carbocycles. The lowest BCUT2D eigenvalue weighted by molar-refractivity contribution is -0.127. The molecular weight excluding hydrogens is 724 g/mol. The SMILES string of the molecule is CCN(CCCCCC(=O)C[C@@H](CO)[C@@H](O)[C@H](O)[C@H](O)CO)S(=O)(=O)c1ccc(Cl)c(COC2(c3cnccc3-c3ccccc3OC3CC3)CC2)c1. The molecule has 0 bridgehead atoms. The van der Waals surface area contributed by atoms with Crippen LogP contribution in [-0.2, 0) is 31.8 Å². The fraction of sp³-hybridized carbons (Fsp3) is 0.538. The zero-order valence-electron chi connectivity index (χ0n) is 30.0. The van der Waals surface area contributed by atoms with Crippen LogP contribution in [0.15, 0.2) is 65.8 Å². The van der Waals surface area contributed by atoms with E-state index in [1.165, 1.54) is 10.4 Å². The standard InChI is InChI=1S/C39H51ClN2O10S/c1-2-42(19-7-3-4-8-28(45)20-26(23-43)37(47)38(48)35(46)24-44)53(49,50)30-13-14-34(40)27(21-30)25-51-39(16-17-39)33-22-41-18-15-31(33)32-9-5-6-10-36(32)52-29-11-12-29/h5-6,9-10,13-15,18,21-22,26,29,35,37-38,43-44,46-48H,2-4,7-8,11-12,16-17,19-20,23-25H2,1H3/t26-,35+,37+,38+/m0/s1. The van der Waals surface area contributed by atoms with Crippen molar-refractivity contribution in [3.8, 4) is 16.9 Å². The van der Waals surface area contributed by atoms with E-state index in [1.807, 2.05) is 36.5 Å². The number of aliphatic hydroxyl groups is 5. The Morgan fingerprint density at radius 3 is 2.43 bits per heavy atom. The van der Waals surface area contributed by atoms with Crippen LogP contribution in [0.25, 0.3) is 11.1 Å². The van der Waals surface area contributed by atoms with Crippen molar-refractivity contribution >= 4 is 27.4 Å². The van der Waals surface area contributed by atoms with E-state index in [1.54, 1.807) is 25.3 Å². The van der Waals surface area contributed by atoms with Crippen LogP contribution >= 0.6 is 11.6 Å². The minimum atomic E-state index is -3.87. The van der Waals surface area contributed by atoms with E-state index in [2.05, 4.69) is 4.98 Å². The summed E-state index contributed by atoms with van der Waals surface area (Å²) in [5.74, 6) is -0.411. The molecule has 0 unspecified atom stereocenters. The van der Waals surface area contributed by atoms with Crippen LogP contribution in [0.1, 0.15) is 75.8 Å². The van der Waals surface area contributed by atoms with E-state index in [-0.39, 0.29) is 49.3 Å². The number of carbonyl (C=O) groups excluding carboxylic acids is 1. The average molecular weight is 775 g/mol. The number of pyridine rings is 1. The highest BCUT2D eigenvalue weighted by Gasteiger charge is 2.48. The summed E-state index contributed by atoms with van der Waals surface area (Å²) in [4.78, 5) is 17.0. The lowest BCUT2D eigenvalue weighted by Crippen LogP contribution is -2.45. The lowest BCUT2D eigenvalue weighted by Gasteiger charge is -2.27. The second kappa shape index (κ2) is 18.6. The molecule has 12 nitrogen and oxygen atoms in total. The van der Waals surface area contributed by atoms with Crippen molar-refractivity contribution in [3.63, 3.8) is 0 Å². The van der Waals surface area contributed by atoms with Crippen LogP contribution in [0, 0.1) is 5.92 Å². The Bertz CT molecular complexity index is 1790. The van der Waals surface area contributed by atoms with Crippen LogP contribution in [0.5, 0.6) is 5.75 Å². The number of Topliss-reactive ketones (excluding diaryl/α,β-unsaturated/α-hetero) is 1. The van der Waals surface area contributed by atoms with Gasteiger partial charge in [-0.05, 0) is 80.0 Å². The number of para-hydroxylation sites is 1. The fourth-order valence-corrected chi connectivity index (χ4v) is 8.19. The fourth-order valence-electron chi connectivity index (χ4n) is 6.48. The minimum Gasteiger partial charge on any atom is -0.490 e. The summed E-state index contributed by atoms with van der Waals surface area (Å²) in [5.41, 5.74) is 2.89. The molecule has 0 radical (unpaired) electrons. The number of halogens is 1. The van der Waals surface area contributed by atoms with Gasteiger partial charge >= 0.3 is 0 Å². The van der Waals surface area contributed by atoms with E-state index >= 15 is 0 Å². The predicted molar refractivity (Wildman–Crippen MR) is 199 cm³/mol. The number of sulfonamides is 1. The zero-order chi connectivity index (χ0) is 38.2. The normalized spacial score (nSPS) is 17.7. The number of hydrogen-bond acceptors (Lipinski definition) is 11. The topological polar surface area (TPSA) is 187 Å². The first kappa shape index (κ1) is 41.2. The Balaban J connectivity index is 1.17. The summed E-state index contributed by atoms with van der Waals surface area (Å²) in [6.07, 6.45) is 4.08. The number of hydrogen-bond donors (Lipinski definition) is 5. The Morgan fingerprint density at radius 2 is 1.75 bits per heavy atom. The molecule has 0 amide bonds. The molecule has 1 heterocycles. The van der Waals surface area contributed by atoms with Gasteiger partial charge in [0, 0.05) is 67.0 Å². The van der Waals surface area contributed by atoms with Crippen LogP contribution in [0.4, 0.5) is 0 Å². The molecule has 0 aliphatic heterocycles. The van der Waals surface area contributed by atoms with E-state index in [4.69, 9.17) is 26.2 Å². The van der Waals surface area contributed by atoms with E-state index < -0.39 is 53.1 Å². The number of benzene rings is 2. The molecular formula is C39H51ClN2O10S. The molecule has 0 saturated heterocycles. The van der Waals surface area contributed by atoms with Crippen LogP contribution in [0.2, 0.25) is 5.02 Å². The molecule has 14 heteroatoms. The van der Waals surface area contributed by atoms with Gasteiger partial charge in [-0.15, -0.1) is 0 Å². The van der Waals surface area contributed by atoms with Gasteiger partial charge in [0.05, 0.1) is 35.9 Å². The largest absolute Gasteiger partial charge is 0.490 e.